The van der Waals surface area contributed by atoms with E-state index in [1.807, 2.05) is 12.1 Å². The molecule has 0 amide bonds. The first kappa shape index (κ1) is 41.6. The van der Waals surface area contributed by atoms with E-state index in [0.29, 0.717) is 0 Å². The van der Waals surface area contributed by atoms with E-state index in [9.17, 15) is 0 Å². The highest BCUT2D eigenvalue weighted by atomic mass is 16.5. The molecular formula is C64H53N3O. The Bertz CT molecular complexity index is 3520. The standard InChI is InChI=1S/C64H53N3O/c1-4-5-6-7-16-43-23-25-44(26-24-43)55-31-32-56(64-63(55)65-61(48-17-12-14-41(2)33-48)62(66-64)49-18-13-15-42(3)34-49)47-28-27-45-35-52-39-53-40-54(30-29-46(53)36-51(52)38-50(45)37-47)67-57-19-8-10-21-59(57)68-60-22-11-9-20-58(60)67/h8-15,17-35,37-38,40H,4-7,16,36,39H2,1-3H3. The summed E-state index contributed by atoms with van der Waals surface area (Å²) in [5.41, 5.74) is 22.8. The summed E-state index contributed by atoms with van der Waals surface area (Å²) in [6, 6.07) is 66.5. The van der Waals surface area contributed by atoms with Gasteiger partial charge in [0.25, 0.3) is 0 Å². The fraction of sp³-hybridized carbons (Fsp3) is 0.156. The maximum Gasteiger partial charge on any atom is 0.151 e. The number of aromatic nitrogens is 2. The van der Waals surface area contributed by atoms with E-state index < -0.39 is 0 Å². The summed E-state index contributed by atoms with van der Waals surface area (Å²) in [6.07, 6.45) is 7.93. The number of unbranched alkanes of at least 4 members (excludes halogenated alkanes) is 3. The number of para-hydroxylation sites is 4. The first-order valence-corrected chi connectivity index (χ1v) is 24.4. The normalized spacial score (nSPS) is 12.6. The van der Waals surface area contributed by atoms with Crippen molar-refractivity contribution in [3.8, 4) is 56.3 Å². The van der Waals surface area contributed by atoms with Crippen molar-refractivity contribution in [2.45, 2.75) is 65.7 Å². The van der Waals surface area contributed by atoms with Crippen molar-refractivity contribution >= 4 is 38.9 Å². The Labute approximate surface area is 399 Å². The predicted octanol–water partition coefficient (Wildman–Crippen LogP) is 17.3. The molecule has 0 N–H and O–H groups in total. The molecule has 330 valence electrons. The average Bonchev–Trinajstić information content (AvgIpc) is 3.37. The van der Waals surface area contributed by atoms with Gasteiger partial charge in [0.05, 0.1) is 33.8 Å². The molecule has 0 fully saturated rings. The third-order valence-electron chi connectivity index (χ3n) is 14.1. The lowest BCUT2D eigenvalue weighted by Gasteiger charge is -2.33. The Morgan fingerprint density at radius 2 is 1.04 bits per heavy atom. The fourth-order valence-electron chi connectivity index (χ4n) is 10.6. The number of ether oxygens (including phenoxy) is 1. The van der Waals surface area contributed by atoms with Crippen LogP contribution in [0.4, 0.5) is 17.1 Å². The van der Waals surface area contributed by atoms with Crippen molar-refractivity contribution in [2.24, 2.45) is 0 Å². The Balaban J connectivity index is 0.948. The molecule has 0 atom stereocenters. The number of anilines is 3. The summed E-state index contributed by atoms with van der Waals surface area (Å²) in [5.74, 6) is 1.74. The first-order chi connectivity index (χ1) is 33.4. The molecule has 0 spiro atoms. The van der Waals surface area contributed by atoms with E-state index in [1.165, 1.54) is 75.4 Å². The zero-order valence-corrected chi connectivity index (χ0v) is 39.0. The largest absolute Gasteiger partial charge is 0.453 e. The van der Waals surface area contributed by atoms with Gasteiger partial charge in [-0.2, -0.15) is 0 Å². The molecule has 68 heavy (non-hydrogen) atoms. The van der Waals surface area contributed by atoms with E-state index in [1.54, 1.807) is 0 Å². The molecule has 10 aromatic rings. The molecule has 0 bridgehead atoms. The quantitative estimate of drug-likeness (QED) is 0.128. The number of nitrogens with zero attached hydrogens (tertiary/aromatic N) is 3. The molecule has 1 aliphatic carbocycles. The van der Waals surface area contributed by atoms with Crippen LogP contribution in [0, 0.1) is 13.8 Å². The van der Waals surface area contributed by atoms with Gasteiger partial charge in [-0.3, -0.25) is 0 Å². The summed E-state index contributed by atoms with van der Waals surface area (Å²) >= 11 is 0. The Hall–Kier alpha value is -7.82. The smallest absolute Gasteiger partial charge is 0.151 e. The van der Waals surface area contributed by atoms with Gasteiger partial charge >= 0.3 is 0 Å². The zero-order chi connectivity index (χ0) is 45.7. The highest BCUT2D eigenvalue weighted by Crippen LogP contribution is 2.51. The van der Waals surface area contributed by atoms with Gasteiger partial charge in [0.1, 0.15) is 0 Å². The van der Waals surface area contributed by atoms with E-state index in [0.717, 1.165) is 104 Å². The molecule has 4 heteroatoms. The van der Waals surface area contributed by atoms with Gasteiger partial charge in [0, 0.05) is 27.9 Å². The van der Waals surface area contributed by atoms with Crippen molar-refractivity contribution < 1.29 is 4.74 Å². The Morgan fingerprint density at radius 1 is 0.456 bits per heavy atom. The fourth-order valence-corrected chi connectivity index (χ4v) is 10.6. The lowest BCUT2D eigenvalue weighted by Crippen LogP contribution is -2.16. The van der Waals surface area contributed by atoms with Gasteiger partial charge < -0.3 is 9.64 Å². The molecule has 1 aliphatic heterocycles. The van der Waals surface area contributed by atoms with Gasteiger partial charge in [0.15, 0.2) is 11.5 Å². The van der Waals surface area contributed by atoms with Gasteiger partial charge in [-0.15, -0.1) is 0 Å². The van der Waals surface area contributed by atoms with Crippen LogP contribution in [0.5, 0.6) is 11.5 Å². The van der Waals surface area contributed by atoms with Crippen molar-refractivity contribution in [3.05, 3.63) is 221 Å². The minimum Gasteiger partial charge on any atom is -0.453 e. The molecule has 0 saturated heterocycles. The highest BCUT2D eigenvalue weighted by Gasteiger charge is 2.27. The second-order valence-corrected chi connectivity index (χ2v) is 18.9. The number of fused-ring (bicyclic) bond motifs is 6. The van der Waals surface area contributed by atoms with Crippen LogP contribution in [0.1, 0.15) is 71.6 Å². The third kappa shape index (κ3) is 7.70. The molecular weight excluding hydrogens is 827 g/mol. The van der Waals surface area contributed by atoms with Gasteiger partial charge in [0.2, 0.25) is 0 Å². The predicted molar refractivity (Wildman–Crippen MR) is 283 cm³/mol. The monoisotopic (exact) mass is 879 g/mol. The van der Waals surface area contributed by atoms with E-state index in [4.69, 9.17) is 14.7 Å². The molecule has 12 rings (SSSR count). The van der Waals surface area contributed by atoms with Gasteiger partial charge in [-0.1, -0.05) is 165 Å². The lowest BCUT2D eigenvalue weighted by atomic mass is 9.84. The van der Waals surface area contributed by atoms with Crippen LogP contribution in [-0.2, 0) is 19.3 Å². The van der Waals surface area contributed by atoms with Crippen LogP contribution in [0.3, 0.4) is 0 Å². The second-order valence-electron chi connectivity index (χ2n) is 18.9. The van der Waals surface area contributed by atoms with Crippen LogP contribution in [0.2, 0.25) is 0 Å². The number of aryl methyl sites for hydroxylation is 3. The third-order valence-corrected chi connectivity index (χ3v) is 14.1. The van der Waals surface area contributed by atoms with Crippen LogP contribution in [0.25, 0.3) is 66.6 Å². The molecule has 0 radical (unpaired) electrons. The molecule has 0 saturated carbocycles. The minimum absolute atomic E-state index is 0.868. The molecule has 2 aliphatic rings. The number of benzene rings is 9. The van der Waals surface area contributed by atoms with Crippen molar-refractivity contribution in [3.63, 3.8) is 0 Å². The molecule has 4 nitrogen and oxygen atoms in total. The van der Waals surface area contributed by atoms with Crippen LogP contribution in [-0.4, -0.2) is 9.97 Å². The Morgan fingerprint density at radius 3 is 1.69 bits per heavy atom. The van der Waals surface area contributed by atoms with Gasteiger partial charge in [-0.05, 0) is 144 Å². The molecule has 9 aromatic carbocycles. The van der Waals surface area contributed by atoms with E-state index >= 15 is 0 Å². The minimum atomic E-state index is 0.868. The van der Waals surface area contributed by atoms with E-state index in [2.05, 4.69) is 196 Å². The molecule has 2 heterocycles. The summed E-state index contributed by atoms with van der Waals surface area (Å²) in [6.45, 7) is 6.57. The number of hydrogen-bond acceptors (Lipinski definition) is 4. The van der Waals surface area contributed by atoms with Crippen LogP contribution in [0.15, 0.2) is 182 Å². The van der Waals surface area contributed by atoms with Crippen LogP contribution >= 0.6 is 0 Å². The number of rotatable bonds is 10. The summed E-state index contributed by atoms with van der Waals surface area (Å²) < 4.78 is 6.33. The maximum atomic E-state index is 6.33. The summed E-state index contributed by atoms with van der Waals surface area (Å²) in [7, 11) is 0. The molecule has 0 unspecified atom stereocenters. The topological polar surface area (TPSA) is 38.2 Å². The first-order valence-electron chi connectivity index (χ1n) is 24.4. The summed E-state index contributed by atoms with van der Waals surface area (Å²) in [4.78, 5) is 13.7. The van der Waals surface area contributed by atoms with Crippen molar-refractivity contribution in [1.82, 2.24) is 9.97 Å². The van der Waals surface area contributed by atoms with E-state index in [-0.39, 0.29) is 0 Å². The zero-order valence-electron chi connectivity index (χ0n) is 39.0. The molecule has 1 aromatic heterocycles. The SMILES string of the molecule is CCCCCCc1ccc(-c2ccc(-c3ccc4cc5c(cc4c3)Cc3ccc(N4c6ccccc6Oc6ccccc64)cc3C5)c3nc(-c4cccc(C)c4)c(-c4cccc(C)c4)nc23)cc1. The average molecular weight is 880 g/mol. The Kier molecular flexibility index (Phi) is 10.7. The maximum absolute atomic E-state index is 6.33. The van der Waals surface area contributed by atoms with Crippen molar-refractivity contribution in [1.29, 1.82) is 0 Å². The van der Waals surface area contributed by atoms with Crippen molar-refractivity contribution in [2.75, 3.05) is 4.90 Å². The highest BCUT2D eigenvalue weighted by molar-refractivity contribution is 6.04. The summed E-state index contributed by atoms with van der Waals surface area (Å²) in [5, 5.41) is 2.48. The van der Waals surface area contributed by atoms with Gasteiger partial charge in [-0.25, -0.2) is 9.97 Å². The van der Waals surface area contributed by atoms with Crippen LogP contribution < -0.4 is 9.64 Å². The second kappa shape index (κ2) is 17.4. The lowest BCUT2D eigenvalue weighted by molar-refractivity contribution is 0.477. The number of hydrogen-bond donors (Lipinski definition) is 0.